The Morgan fingerprint density at radius 3 is 2.42 bits per heavy atom. The van der Waals surface area contributed by atoms with Crippen molar-refractivity contribution in [1.82, 2.24) is 0 Å². The van der Waals surface area contributed by atoms with Crippen LogP contribution in [0.25, 0.3) is 5.57 Å². The molecule has 19 heavy (non-hydrogen) atoms. The second-order valence-electron chi connectivity index (χ2n) is 4.92. The van der Waals surface area contributed by atoms with Crippen molar-refractivity contribution in [2.75, 3.05) is 6.61 Å². The van der Waals surface area contributed by atoms with Crippen molar-refractivity contribution in [1.29, 1.82) is 0 Å². The number of allylic oxidation sites excluding steroid dienone is 1. The van der Waals surface area contributed by atoms with Crippen LogP contribution in [-0.4, -0.2) is 12.9 Å². The molecular weight excluding hydrogens is 236 g/mol. The van der Waals surface area contributed by atoms with E-state index >= 15 is 0 Å². The highest BCUT2D eigenvalue weighted by Gasteiger charge is 2.04. The van der Waals surface area contributed by atoms with E-state index in [1.54, 1.807) is 0 Å². The van der Waals surface area contributed by atoms with Crippen LogP contribution in [0.15, 0.2) is 30.8 Å². The minimum absolute atomic E-state index is 0.197. The molecule has 0 aliphatic rings. The van der Waals surface area contributed by atoms with E-state index in [4.69, 9.17) is 9.47 Å². The summed E-state index contributed by atoms with van der Waals surface area (Å²) in [5.41, 5.74) is 2.20. The van der Waals surface area contributed by atoms with E-state index in [-0.39, 0.29) is 6.29 Å². The fraction of sp³-hybridized carbons (Fsp3) is 0.529. The van der Waals surface area contributed by atoms with Crippen molar-refractivity contribution in [3.05, 3.63) is 36.4 Å². The molecule has 0 fully saturated rings. The molecule has 1 rings (SSSR count). The quantitative estimate of drug-likeness (QED) is 0.458. The molecule has 0 radical (unpaired) electrons. The Balaban J connectivity index is 2.27. The summed E-state index contributed by atoms with van der Waals surface area (Å²) in [4.78, 5) is 0. The van der Waals surface area contributed by atoms with Crippen LogP contribution in [0.1, 0.15) is 52.0 Å². The zero-order valence-electron chi connectivity index (χ0n) is 12.4. The van der Waals surface area contributed by atoms with Crippen LogP contribution >= 0.6 is 0 Å². The lowest BCUT2D eigenvalue weighted by molar-refractivity contribution is -0.0676. The maximum atomic E-state index is 5.70. The first-order chi connectivity index (χ1) is 9.13. The Kier molecular flexibility index (Phi) is 7.27. The maximum Gasteiger partial charge on any atom is 0.196 e. The predicted octanol–water partition coefficient (Wildman–Crippen LogP) is 5.04. The normalized spacial score (nSPS) is 12.2. The SMILES string of the molecule is C=C(C)c1ccc(OC(C)OCCCCCC)cc1. The fourth-order valence-corrected chi connectivity index (χ4v) is 1.82. The number of benzene rings is 1. The van der Waals surface area contributed by atoms with E-state index in [1.807, 2.05) is 38.1 Å². The van der Waals surface area contributed by atoms with Crippen molar-refractivity contribution in [2.45, 2.75) is 52.7 Å². The topological polar surface area (TPSA) is 18.5 Å². The summed E-state index contributed by atoms with van der Waals surface area (Å²) in [6.45, 7) is 10.8. The lowest BCUT2D eigenvalue weighted by Crippen LogP contribution is -2.16. The van der Waals surface area contributed by atoms with Gasteiger partial charge in [-0.15, -0.1) is 0 Å². The number of ether oxygens (including phenoxy) is 2. The summed E-state index contributed by atoms with van der Waals surface area (Å²) < 4.78 is 11.3. The number of unbranched alkanes of at least 4 members (excludes halogenated alkanes) is 3. The predicted molar refractivity (Wildman–Crippen MR) is 81.3 cm³/mol. The molecule has 0 heterocycles. The molecule has 1 aromatic carbocycles. The molecule has 1 atom stereocenters. The first kappa shape index (κ1) is 15.8. The number of rotatable bonds is 9. The smallest absolute Gasteiger partial charge is 0.196 e. The molecule has 0 aliphatic carbocycles. The Labute approximate surface area is 117 Å². The summed E-state index contributed by atoms with van der Waals surface area (Å²) in [6, 6.07) is 7.96. The van der Waals surface area contributed by atoms with Crippen molar-refractivity contribution in [2.24, 2.45) is 0 Å². The monoisotopic (exact) mass is 262 g/mol. The van der Waals surface area contributed by atoms with E-state index in [2.05, 4.69) is 13.5 Å². The van der Waals surface area contributed by atoms with Gasteiger partial charge < -0.3 is 9.47 Å². The third kappa shape index (κ3) is 6.44. The molecule has 0 aromatic heterocycles. The van der Waals surface area contributed by atoms with Gasteiger partial charge in [0.05, 0.1) is 6.61 Å². The van der Waals surface area contributed by atoms with Gasteiger partial charge in [-0.05, 0) is 38.0 Å². The molecule has 0 amide bonds. The summed E-state index contributed by atoms with van der Waals surface area (Å²) >= 11 is 0. The van der Waals surface area contributed by atoms with Crippen LogP contribution in [0.2, 0.25) is 0 Å². The molecule has 0 aliphatic heterocycles. The Morgan fingerprint density at radius 2 is 1.84 bits per heavy atom. The standard InChI is InChI=1S/C17H26O2/c1-5-6-7-8-13-18-15(4)19-17-11-9-16(10-12-17)14(2)3/h9-12,15H,2,5-8,13H2,1,3-4H3. The zero-order valence-corrected chi connectivity index (χ0v) is 12.4. The second-order valence-corrected chi connectivity index (χ2v) is 4.92. The molecule has 0 bridgehead atoms. The lowest BCUT2D eigenvalue weighted by atomic mass is 10.1. The first-order valence-corrected chi connectivity index (χ1v) is 7.17. The van der Waals surface area contributed by atoms with Gasteiger partial charge in [-0.25, -0.2) is 0 Å². The van der Waals surface area contributed by atoms with Crippen LogP contribution in [0.3, 0.4) is 0 Å². The molecule has 106 valence electrons. The average Bonchev–Trinajstić information content (AvgIpc) is 2.39. The number of hydrogen-bond acceptors (Lipinski definition) is 2. The Morgan fingerprint density at radius 1 is 1.16 bits per heavy atom. The van der Waals surface area contributed by atoms with E-state index in [1.165, 1.54) is 19.3 Å². The highest BCUT2D eigenvalue weighted by atomic mass is 16.7. The van der Waals surface area contributed by atoms with Gasteiger partial charge >= 0.3 is 0 Å². The van der Waals surface area contributed by atoms with Crippen LogP contribution in [0, 0.1) is 0 Å². The molecule has 0 saturated carbocycles. The van der Waals surface area contributed by atoms with Crippen molar-refractivity contribution < 1.29 is 9.47 Å². The zero-order chi connectivity index (χ0) is 14.1. The summed E-state index contributed by atoms with van der Waals surface area (Å²) in [7, 11) is 0. The van der Waals surface area contributed by atoms with E-state index < -0.39 is 0 Å². The van der Waals surface area contributed by atoms with Gasteiger partial charge in [-0.2, -0.15) is 0 Å². The minimum atomic E-state index is -0.197. The Bertz CT molecular complexity index is 367. The summed E-state index contributed by atoms with van der Waals surface area (Å²) in [6.07, 6.45) is 4.67. The third-order valence-corrected chi connectivity index (χ3v) is 3.00. The van der Waals surface area contributed by atoms with Crippen molar-refractivity contribution >= 4 is 5.57 Å². The first-order valence-electron chi connectivity index (χ1n) is 7.17. The van der Waals surface area contributed by atoms with Crippen LogP contribution in [-0.2, 0) is 4.74 Å². The second kappa shape index (κ2) is 8.76. The molecule has 0 N–H and O–H groups in total. The molecule has 1 unspecified atom stereocenters. The molecular formula is C17H26O2. The summed E-state index contributed by atoms with van der Waals surface area (Å²) in [5, 5.41) is 0. The highest BCUT2D eigenvalue weighted by molar-refractivity contribution is 5.61. The fourth-order valence-electron chi connectivity index (χ4n) is 1.82. The highest BCUT2D eigenvalue weighted by Crippen LogP contribution is 2.18. The molecule has 2 nitrogen and oxygen atoms in total. The van der Waals surface area contributed by atoms with Gasteiger partial charge in [0.1, 0.15) is 5.75 Å². The summed E-state index contributed by atoms with van der Waals surface area (Å²) in [5.74, 6) is 0.839. The third-order valence-electron chi connectivity index (χ3n) is 3.00. The molecule has 0 saturated heterocycles. The van der Waals surface area contributed by atoms with Gasteiger partial charge in [-0.3, -0.25) is 0 Å². The molecule has 1 aromatic rings. The van der Waals surface area contributed by atoms with Crippen molar-refractivity contribution in [3.8, 4) is 5.75 Å². The van der Waals surface area contributed by atoms with Gasteiger partial charge in [0.25, 0.3) is 0 Å². The van der Waals surface area contributed by atoms with Crippen LogP contribution in [0.4, 0.5) is 0 Å². The molecule has 2 heteroatoms. The van der Waals surface area contributed by atoms with E-state index in [0.717, 1.165) is 29.9 Å². The van der Waals surface area contributed by atoms with Gasteiger partial charge in [0.2, 0.25) is 0 Å². The van der Waals surface area contributed by atoms with E-state index in [0.29, 0.717) is 0 Å². The van der Waals surface area contributed by atoms with Gasteiger partial charge in [-0.1, -0.05) is 50.5 Å². The lowest BCUT2D eigenvalue weighted by Gasteiger charge is -2.15. The largest absolute Gasteiger partial charge is 0.465 e. The molecule has 0 spiro atoms. The number of hydrogen-bond donors (Lipinski definition) is 0. The van der Waals surface area contributed by atoms with E-state index in [9.17, 15) is 0 Å². The van der Waals surface area contributed by atoms with Gasteiger partial charge in [0, 0.05) is 0 Å². The Hall–Kier alpha value is -1.28. The minimum Gasteiger partial charge on any atom is -0.465 e. The van der Waals surface area contributed by atoms with Crippen LogP contribution < -0.4 is 4.74 Å². The average molecular weight is 262 g/mol. The van der Waals surface area contributed by atoms with Crippen molar-refractivity contribution in [3.63, 3.8) is 0 Å². The maximum absolute atomic E-state index is 5.70. The van der Waals surface area contributed by atoms with Crippen LogP contribution in [0.5, 0.6) is 5.75 Å². The van der Waals surface area contributed by atoms with Gasteiger partial charge in [0.15, 0.2) is 6.29 Å².